The van der Waals surface area contributed by atoms with Crippen LogP contribution in [0, 0.1) is 6.92 Å². The van der Waals surface area contributed by atoms with E-state index in [1.54, 1.807) is 7.11 Å². The number of nitrogens with one attached hydrogen (secondary N) is 2. The van der Waals surface area contributed by atoms with Gasteiger partial charge in [0.2, 0.25) is 5.91 Å². The van der Waals surface area contributed by atoms with Gasteiger partial charge < -0.3 is 15.4 Å². The molecule has 1 aliphatic rings. The Bertz CT molecular complexity index is 697. The predicted octanol–water partition coefficient (Wildman–Crippen LogP) is 2.83. The summed E-state index contributed by atoms with van der Waals surface area (Å²) >= 11 is 0. The molecule has 4 nitrogen and oxygen atoms in total. The highest BCUT2D eigenvalue weighted by atomic mass is 16.5. The van der Waals surface area contributed by atoms with Crippen LogP contribution in [0.3, 0.4) is 0 Å². The number of benzene rings is 2. The fourth-order valence-electron chi connectivity index (χ4n) is 3.00. The molecule has 0 spiro atoms. The minimum atomic E-state index is -0.170. The summed E-state index contributed by atoms with van der Waals surface area (Å²) in [6, 6.07) is 13.6. The van der Waals surface area contributed by atoms with E-state index in [9.17, 15) is 4.79 Å². The molecule has 1 heterocycles. The summed E-state index contributed by atoms with van der Waals surface area (Å²) in [5.41, 5.74) is 4.29. The molecule has 114 valence electrons. The number of hydrogen-bond donors (Lipinski definition) is 2. The molecule has 2 N–H and O–H groups in total. The number of carbonyl (C=O) groups excluding carboxylic acids is 1. The van der Waals surface area contributed by atoms with Crippen LogP contribution in [0.1, 0.15) is 22.6 Å². The van der Waals surface area contributed by atoms with E-state index in [1.165, 1.54) is 11.1 Å². The van der Waals surface area contributed by atoms with Crippen LogP contribution in [-0.2, 0) is 11.3 Å². The Morgan fingerprint density at radius 2 is 2.09 bits per heavy atom. The largest absolute Gasteiger partial charge is 0.497 e. The summed E-state index contributed by atoms with van der Waals surface area (Å²) in [7, 11) is 1.62. The molecule has 1 aliphatic heterocycles. The van der Waals surface area contributed by atoms with E-state index in [2.05, 4.69) is 29.7 Å². The molecule has 2 aromatic carbocycles. The molecule has 4 heteroatoms. The van der Waals surface area contributed by atoms with Crippen molar-refractivity contribution in [2.24, 2.45) is 0 Å². The van der Waals surface area contributed by atoms with Gasteiger partial charge >= 0.3 is 0 Å². The number of methoxy groups -OCH3 is 1. The first-order valence-electron chi connectivity index (χ1n) is 7.43. The number of hydrogen-bond acceptors (Lipinski definition) is 3. The molecule has 0 aromatic heterocycles. The first kappa shape index (κ1) is 14.6. The zero-order valence-electron chi connectivity index (χ0n) is 12.8. The number of rotatable bonds is 3. The highest BCUT2D eigenvalue weighted by Crippen LogP contribution is 2.28. The Morgan fingerprint density at radius 3 is 2.91 bits per heavy atom. The Balaban J connectivity index is 1.85. The quantitative estimate of drug-likeness (QED) is 0.915. The summed E-state index contributed by atoms with van der Waals surface area (Å²) in [4.78, 5) is 12.7. The molecule has 0 saturated carbocycles. The number of anilines is 1. The maximum atomic E-state index is 12.7. The molecule has 0 saturated heterocycles. The topological polar surface area (TPSA) is 50.4 Å². The molecule has 0 radical (unpaired) electrons. The van der Waals surface area contributed by atoms with Crippen molar-refractivity contribution in [2.45, 2.75) is 19.4 Å². The van der Waals surface area contributed by atoms with E-state index in [0.29, 0.717) is 6.54 Å². The lowest BCUT2D eigenvalue weighted by Gasteiger charge is -2.27. The first-order chi connectivity index (χ1) is 10.7. The van der Waals surface area contributed by atoms with Gasteiger partial charge in [-0.15, -0.1) is 0 Å². The third-order valence-electron chi connectivity index (χ3n) is 4.08. The SMILES string of the molecule is COc1cccc(NC(=O)C2CNCc3cccc(C)c32)c1. The van der Waals surface area contributed by atoms with Crippen LogP contribution in [-0.4, -0.2) is 19.6 Å². The van der Waals surface area contributed by atoms with Crippen LogP contribution in [0.4, 0.5) is 5.69 Å². The van der Waals surface area contributed by atoms with E-state index in [-0.39, 0.29) is 11.8 Å². The average Bonchev–Trinajstić information content (AvgIpc) is 2.55. The van der Waals surface area contributed by atoms with Crippen molar-refractivity contribution in [1.29, 1.82) is 0 Å². The molecule has 0 aliphatic carbocycles. The Hall–Kier alpha value is -2.33. The standard InChI is InChI=1S/C18H20N2O2/c1-12-5-3-6-13-10-19-11-16(17(12)13)18(21)20-14-7-4-8-15(9-14)22-2/h3-9,16,19H,10-11H2,1-2H3,(H,20,21). The zero-order valence-corrected chi connectivity index (χ0v) is 12.8. The van der Waals surface area contributed by atoms with Crippen molar-refractivity contribution >= 4 is 11.6 Å². The van der Waals surface area contributed by atoms with E-state index in [1.807, 2.05) is 30.3 Å². The number of aryl methyl sites for hydroxylation is 1. The fraction of sp³-hybridized carbons (Fsp3) is 0.278. The van der Waals surface area contributed by atoms with Crippen molar-refractivity contribution < 1.29 is 9.53 Å². The van der Waals surface area contributed by atoms with Gasteiger partial charge in [-0.25, -0.2) is 0 Å². The third kappa shape index (κ3) is 2.83. The summed E-state index contributed by atoms with van der Waals surface area (Å²) in [6.45, 7) is 3.55. The Morgan fingerprint density at radius 1 is 1.27 bits per heavy atom. The molecule has 0 fully saturated rings. The van der Waals surface area contributed by atoms with Gasteiger partial charge in [0.15, 0.2) is 0 Å². The summed E-state index contributed by atoms with van der Waals surface area (Å²) < 4.78 is 5.19. The third-order valence-corrected chi connectivity index (χ3v) is 4.08. The van der Waals surface area contributed by atoms with Crippen LogP contribution in [0.25, 0.3) is 0 Å². The summed E-state index contributed by atoms with van der Waals surface area (Å²) in [5.74, 6) is 0.573. The number of carbonyl (C=O) groups is 1. The first-order valence-corrected chi connectivity index (χ1v) is 7.43. The number of fused-ring (bicyclic) bond motifs is 1. The Labute approximate surface area is 130 Å². The molecule has 22 heavy (non-hydrogen) atoms. The van der Waals surface area contributed by atoms with Gasteiger partial charge in [0.25, 0.3) is 0 Å². The highest BCUT2D eigenvalue weighted by Gasteiger charge is 2.27. The molecule has 1 amide bonds. The van der Waals surface area contributed by atoms with Crippen molar-refractivity contribution in [3.05, 3.63) is 59.2 Å². The van der Waals surface area contributed by atoms with Crippen molar-refractivity contribution in [2.75, 3.05) is 19.0 Å². The summed E-state index contributed by atoms with van der Waals surface area (Å²) in [5, 5.41) is 6.32. The monoisotopic (exact) mass is 296 g/mol. The Kier molecular flexibility index (Phi) is 4.11. The lowest BCUT2D eigenvalue weighted by molar-refractivity contribution is -0.117. The molecule has 2 aromatic rings. The van der Waals surface area contributed by atoms with Crippen molar-refractivity contribution in [1.82, 2.24) is 5.32 Å². The molecule has 1 atom stereocenters. The van der Waals surface area contributed by atoms with Gasteiger partial charge in [0.05, 0.1) is 13.0 Å². The molecule has 3 rings (SSSR count). The molecular formula is C18H20N2O2. The van der Waals surface area contributed by atoms with Crippen molar-refractivity contribution in [3.8, 4) is 5.75 Å². The molecule has 1 unspecified atom stereocenters. The lowest BCUT2D eigenvalue weighted by Crippen LogP contribution is -2.36. The van der Waals surface area contributed by atoms with Gasteiger partial charge in [-0.3, -0.25) is 4.79 Å². The van der Waals surface area contributed by atoms with Gasteiger partial charge in [-0.05, 0) is 35.7 Å². The van der Waals surface area contributed by atoms with Crippen LogP contribution in [0.2, 0.25) is 0 Å². The second-order valence-electron chi connectivity index (χ2n) is 5.55. The average molecular weight is 296 g/mol. The number of ether oxygens (including phenoxy) is 1. The normalized spacial score (nSPS) is 16.7. The second-order valence-corrected chi connectivity index (χ2v) is 5.55. The van der Waals surface area contributed by atoms with Crippen LogP contribution < -0.4 is 15.4 Å². The van der Waals surface area contributed by atoms with E-state index >= 15 is 0 Å². The molecule has 0 bridgehead atoms. The van der Waals surface area contributed by atoms with Gasteiger partial charge in [0.1, 0.15) is 5.75 Å². The minimum Gasteiger partial charge on any atom is -0.497 e. The molecular weight excluding hydrogens is 276 g/mol. The highest BCUT2D eigenvalue weighted by molar-refractivity contribution is 5.96. The maximum Gasteiger partial charge on any atom is 0.233 e. The zero-order chi connectivity index (χ0) is 15.5. The van der Waals surface area contributed by atoms with Gasteiger partial charge in [-0.2, -0.15) is 0 Å². The van der Waals surface area contributed by atoms with Crippen LogP contribution in [0.15, 0.2) is 42.5 Å². The maximum absolute atomic E-state index is 12.7. The fourth-order valence-corrected chi connectivity index (χ4v) is 3.00. The van der Waals surface area contributed by atoms with E-state index in [4.69, 9.17) is 4.74 Å². The second kappa shape index (κ2) is 6.20. The lowest BCUT2D eigenvalue weighted by atomic mass is 9.86. The van der Waals surface area contributed by atoms with Gasteiger partial charge in [-0.1, -0.05) is 24.3 Å². The predicted molar refractivity (Wildman–Crippen MR) is 87.3 cm³/mol. The van der Waals surface area contributed by atoms with Crippen LogP contribution >= 0.6 is 0 Å². The summed E-state index contributed by atoms with van der Waals surface area (Å²) in [6.07, 6.45) is 0. The van der Waals surface area contributed by atoms with E-state index in [0.717, 1.165) is 23.5 Å². The smallest absolute Gasteiger partial charge is 0.233 e. The van der Waals surface area contributed by atoms with Crippen LogP contribution in [0.5, 0.6) is 5.75 Å². The van der Waals surface area contributed by atoms with Crippen molar-refractivity contribution in [3.63, 3.8) is 0 Å². The minimum absolute atomic E-state index is 0.0102. The van der Waals surface area contributed by atoms with Gasteiger partial charge in [0, 0.05) is 24.8 Å². The van der Waals surface area contributed by atoms with E-state index < -0.39 is 0 Å². The number of amides is 1.